The van der Waals surface area contributed by atoms with Crippen LogP contribution in [0.5, 0.6) is 0 Å². The number of aldehydes is 1. The van der Waals surface area contributed by atoms with Gasteiger partial charge in [-0.25, -0.2) is 4.39 Å². The predicted molar refractivity (Wildman–Crippen MR) is 84.5 cm³/mol. The highest BCUT2D eigenvalue weighted by molar-refractivity contribution is 5.74. The van der Waals surface area contributed by atoms with Crippen LogP contribution in [0, 0.1) is 12.7 Å². The molecule has 118 valence electrons. The number of carboxylic acid groups (broad SMARTS) is 1. The van der Waals surface area contributed by atoms with Crippen molar-refractivity contribution in [3.8, 4) is 0 Å². The molecule has 0 aliphatic rings. The second kappa shape index (κ2) is 12.2. The third kappa shape index (κ3) is 11.3. The van der Waals surface area contributed by atoms with E-state index in [0.29, 0.717) is 11.8 Å². The van der Waals surface area contributed by atoms with Gasteiger partial charge in [0.25, 0.3) is 0 Å². The van der Waals surface area contributed by atoms with Crippen molar-refractivity contribution < 1.29 is 19.1 Å². The molecule has 0 atom stereocenters. The van der Waals surface area contributed by atoms with Crippen LogP contribution < -0.4 is 5.32 Å². The molecule has 0 amide bonds. The molecule has 0 spiro atoms. The van der Waals surface area contributed by atoms with Crippen molar-refractivity contribution in [1.29, 1.82) is 0 Å². The van der Waals surface area contributed by atoms with E-state index in [1.807, 2.05) is 18.2 Å². The minimum Gasteiger partial charge on any atom is -0.480 e. The number of carboxylic acids is 1. The minimum atomic E-state index is -0.822. The maximum atomic E-state index is 12.1. The van der Waals surface area contributed by atoms with Crippen LogP contribution in [0.25, 0.3) is 0 Å². The smallest absolute Gasteiger partial charge is 0.317 e. The van der Waals surface area contributed by atoms with Gasteiger partial charge in [0.15, 0.2) is 0 Å². The van der Waals surface area contributed by atoms with Crippen LogP contribution in [0.4, 0.5) is 4.39 Å². The molecule has 5 heteroatoms. The summed E-state index contributed by atoms with van der Waals surface area (Å²) in [5.74, 6) is -1.14. The number of aliphatic carboxylic acids is 1. The molecule has 2 aromatic carbocycles. The van der Waals surface area contributed by atoms with Crippen molar-refractivity contribution in [3.05, 3.63) is 71.5 Å². The highest BCUT2D eigenvalue weighted by atomic mass is 19.1. The van der Waals surface area contributed by atoms with Gasteiger partial charge in [-0.05, 0) is 38.2 Å². The third-order valence-electron chi connectivity index (χ3n) is 2.27. The van der Waals surface area contributed by atoms with E-state index in [1.165, 1.54) is 29.8 Å². The Morgan fingerprint density at radius 1 is 1.14 bits per heavy atom. The van der Waals surface area contributed by atoms with E-state index in [4.69, 9.17) is 5.11 Å². The summed E-state index contributed by atoms with van der Waals surface area (Å²) in [6.07, 6.45) is 0.680. The largest absolute Gasteiger partial charge is 0.480 e. The van der Waals surface area contributed by atoms with Crippen LogP contribution in [0.3, 0.4) is 0 Å². The van der Waals surface area contributed by atoms with E-state index in [-0.39, 0.29) is 12.4 Å². The monoisotopic (exact) mass is 305 g/mol. The van der Waals surface area contributed by atoms with Gasteiger partial charge in [-0.1, -0.05) is 35.9 Å². The molecule has 2 N–H and O–H groups in total. The van der Waals surface area contributed by atoms with Gasteiger partial charge in [-0.3, -0.25) is 9.59 Å². The lowest BCUT2D eigenvalue weighted by Crippen LogP contribution is -2.16. The molecule has 2 aromatic rings. The molecule has 0 fully saturated rings. The van der Waals surface area contributed by atoms with Crippen LogP contribution in [-0.4, -0.2) is 31.0 Å². The number of nitrogens with one attached hydrogen (secondary N) is 1. The summed E-state index contributed by atoms with van der Waals surface area (Å²) >= 11 is 0. The molecule has 0 radical (unpaired) electrons. The van der Waals surface area contributed by atoms with Gasteiger partial charge in [0.1, 0.15) is 12.1 Å². The summed E-state index contributed by atoms with van der Waals surface area (Å²) in [7, 11) is 1.59. The predicted octanol–water partition coefficient (Wildman–Crippen LogP) is 2.92. The van der Waals surface area contributed by atoms with Crippen LogP contribution in [0.2, 0.25) is 0 Å². The summed E-state index contributed by atoms with van der Waals surface area (Å²) in [6.45, 7) is 2.12. The first-order chi connectivity index (χ1) is 10.5. The molecule has 0 aliphatic carbocycles. The lowest BCUT2D eigenvalue weighted by Gasteiger charge is -1.86. The Balaban J connectivity index is 0.000000309. The number of hydrogen-bond acceptors (Lipinski definition) is 3. The molecular formula is C17H20FNO3. The summed E-state index contributed by atoms with van der Waals surface area (Å²) in [6, 6.07) is 15.6. The fourth-order valence-electron chi connectivity index (χ4n) is 1.23. The number of carbonyl (C=O) groups is 2. The van der Waals surface area contributed by atoms with E-state index in [1.54, 1.807) is 7.05 Å². The van der Waals surface area contributed by atoms with Crippen molar-refractivity contribution >= 4 is 12.3 Å². The van der Waals surface area contributed by atoms with Gasteiger partial charge >= 0.3 is 5.97 Å². The van der Waals surface area contributed by atoms with Crippen molar-refractivity contribution in [2.24, 2.45) is 0 Å². The van der Waals surface area contributed by atoms with Crippen molar-refractivity contribution in [2.75, 3.05) is 13.6 Å². The number of rotatable bonds is 3. The standard InChI is InChI=1S/C7H5FO.C7H8.C3H7NO2/c8-7-3-1-6(5-9)2-4-7;1-7-5-3-2-4-6-7;1-4-2-3(5)6/h1-5H;2-6H,1H3;4H,2H2,1H3,(H,5,6). The van der Waals surface area contributed by atoms with Gasteiger partial charge in [-0.15, -0.1) is 0 Å². The first-order valence-electron chi connectivity index (χ1n) is 6.58. The van der Waals surface area contributed by atoms with Crippen molar-refractivity contribution in [2.45, 2.75) is 6.92 Å². The second-order valence-electron chi connectivity index (χ2n) is 4.25. The van der Waals surface area contributed by atoms with Crippen LogP contribution >= 0.6 is 0 Å². The fourth-order valence-corrected chi connectivity index (χ4v) is 1.23. The number of halogens is 1. The summed E-state index contributed by atoms with van der Waals surface area (Å²) in [5.41, 5.74) is 1.82. The Hall–Kier alpha value is -2.53. The maximum absolute atomic E-state index is 12.1. The first-order valence-corrected chi connectivity index (χ1v) is 6.58. The molecule has 4 nitrogen and oxygen atoms in total. The number of likely N-dealkylation sites (N-methyl/N-ethyl adjacent to an activating group) is 1. The van der Waals surface area contributed by atoms with Gasteiger partial charge in [0, 0.05) is 5.56 Å². The Bertz CT molecular complexity index is 542. The van der Waals surface area contributed by atoms with E-state index in [9.17, 15) is 14.0 Å². The van der Waals surface area contributed by atoms with E-state index >= 15 is 0 Å². The first kappa shape index (κ1) is 19.5. The molecule has 22 heavy (non-hydrogen) atoms. The summed E-state index contributed by atoms with van der Waals surface area (Å²) in [5, 5.41) is 10.3. The van der Waals surface area contributed by atoms with Crippen molar-refractivity contribution in [1.82, 2.24) is 5.32 Å². The highest BCUT2D eigenvalue weighted by Gasteiger charge is 1.88. The molecule has 0 saturated carbocycles. The molecular weight excluding hydrogens is 285 g/mol. The van der Waals surface area contributed by atoms with E-state index in [0.717, 1.165) is 0 Å². The summed E-state index contributed by atoms with van der Waals surface area (Å²) in [4.78, 5) is 19.5. The number of carbonyl (C=O) groups excluding carboxylic acids is 1. The Morgan fingerprint density at radius 2 is 1.68 bits per heavy atom. The molecule has 0 heterocycles. The van der Waals surface area contributed by atoms with Gasteiger partial charge in [0.05, 0.1) is 6.54 Å². The fraction of sp³-hybridized carbons (Fsp3) is 0.176. The average molecular weight is 305 g/mol. The topological polar surface area (TPSA) is 66.4 Å². The zero-order valence-corrected chi connectivity index (χ0v) is 12.6. The Labute approximate surface area is 129 Å². The quantitative estimate of drug-likeness (QED) is 0.856. The normalized spacial score (nSPS) is 8.68. The number of benzene rings is 2. The van der Waals surface area contributed by atoms with Gasteiger partial charge in [0.2, 0.25) is 0 Å². The highest BCUT2D eigenvalue weighted by Crippen LogP contribution is 1.98. The van der Waals surface area contributed by atoms with Crippen LogP contribution in [0.15, 0.2) is 54.6 Å². The molecule has 2 rings (SSSR count). The zero-order valence-electron chi connectivity index (χ0n) is 12.6. The average Bonchev–Trinajstić information content (AvgIpc) is 2.50. The van der Waals surface area contributed by atoms with Crippen molar-refractivity contribution in [3.63, 3.8) is 0 Å². The number of aryl methyl sites for hydroxylation is 1. The minimum absolute atomic E-state index is 0.0417. The van der Waals surface area contributed by atoms with Crippen LogP contribution in [0.1, 0.15) is 15.9 Å². The second-order valence-corrected chi connectivity index (χ2v) is 4.25. The summed E-state index contributed by atoms with van der Waals surface area (Å²) < 4.78 is 12.1. The lowest BCUT2D eigenvalue weighted by atomic mass is 10.2. The Kier molecular flexibility index (Phi) is 10.8. The lowest BCUT2D eigenvalue weighted by molar-refractivity contribution is -0.135. The van der Waals surface area contributed by atoms with E-state index < -0.39 is 5.97 Å². The molecule has 0 bridgehead atoms. The SMILES string of the molecule is CNCC(=O)O.Cc1ccccc1.O=Cc1ccc(F)cc1. The van der Waals surface area contributed by atoms with Crippen LogP contribution in [-0.2, 0) is 4.79 Å². The zero-order chi connectivity index (χ0) is 16.8. The molecule has 0 aliphatic heterocycles. The van der Waals surface area contributed by atoms with E-state index in [2.05, 4.69) is 24.4 Å². The number of hydrogen-bond donors (Lipinski definition) is 2. The third-order valence-corrected chi connectivity index (χ3v) is 2.27. The molecule has 0 unspecified atom stereocenters. The van der Waals surface area contributed by atoms with Gasteiger partial charge < -0.3 is 10.4 Å². The molecule has 0 aromatic heterocycles. The maximum Gasteiger partial charge on any atom is 0.317 e. The molecule has 0 saturated heterocycles. The Morgan fingerprint density at radius 3 is 1.95 bits per heavy atom. The van der Waals surface area contributed by atoms with Gasteiger partial charge in [-0.2, -0.15) is 0 Å².